The van der Waals surface area contributed by atoms with Crippen LogP contribution in [0.15, 0.2) is 0 Å². The summed E-state index contributed by atoms with van der Waals surface area (Å²) in [6, 6.07) is -1.90. The highest BCUT2D eigenvalue weighted by Gasteiger charge is 2.54. The predicted octanol–water partition coefficient (Wildman–Crippen LogP) is 1.82. The van der Waals surface area contributed by atoms with Crippen molar-refractivity contribution >= 4 is 5.96 Å². The van der Waals surface area contributed by atoms with Gasteiger partial charge in [0.05, 0.1) is 18.4 Å². The molecule has 6 rings (SSSR count). The van der Waals surface area contributed by atoms with E-state index in [0.29, 0.717) is 32.2 Å². The normalized spacial score (nSPS) is 41.0. The van der Waals surface area contributed by atoms with Crippen LogP contribution in [0.3, 0.4) is 0 Å². The second-order valence-corrected chi connectivity index (χ2v) is 13.5. The third-order valence-corrected chi connectivity index (χ3v) is 10.8. The molecule has 6 aliphatic rings. The molecular weight excluding hydrogens is 592 g/mol. The van der Waals surface area contributed by atoms with E-state index in [1.807, 2.05) is 11.8 Å². The van der Waals surface area contributed by atoms with Crippen molar-refractivity contribution in [1.82, 2.24) is 41.3 Å². The molecule has 252 valence electrons. The molecule has 0 aromatic rings. The Morgan fingerprint density at radius 1 is 0.886 bits per heavy atom. The van der Waals surface area contributed by atoms with Crippen LogP contribution >= 0.6 is 0 Å². The number of nitrogens with one attached hydrogen (secondary N) is 6. The molecule has 6 N–H and O–H groups in total. The first-order valence-electron chi connectivity index (χ1n) is 16.1. The highest BCUT2D eigenvalue weighted by atomic mass is 19.4. The zero-order valence-electron chi connectivity index (χ0n) is 25.4. The summed E-state index contributed by atoms with van der Waals surface area (Å²) in [6.07, 6.45) is -4.78. The van der Waals surface area contributed by atoms with Crippen LogP contribution in [0.25, 0.3) is 0 Å². The van der Waals surface area contributed by atoms with Crippen LogP contribution in [0.5, 0.6) is 0 Å². The zero-order valence-corrected chi connectivity index (χ0v) is 25.4. The van der Waals surface area contributed by atoms with Crippen molar-refractivity contribution in [3.8, 4) is 0 Å². The lowest BCUT2D eigenvalue weighted by Gasteiger charge is -2.48. The van der Waals surface area contributed by atoms with Gasteiger partial charge in [0.2, 0.25) is 0 Å². The molecule has 4 saturated heterocycles. The van der Waals surface area contributed by atoms with Gasteiger partial charge in [-0.25, -0.2) is 0 Å². The van der Waals surface area contributed by atoms with Gasteiger partial charge < -0.3 is 19.9 Å². The van der Waals surface area contributed by atoms with Crippen LogP contribution in [0.2, 0.25) is 0 Å². The molecule has 44 heavy (non-hydrogen) atoms. The minimum atomic E-state index is -4.45. The third kappa shape index (κ3) is 6.67. The molecule has 0 aromatic carbocycles. The molecule has 16 heteroatoms. The Balaban J connectivity index is 1.14. The van der Waals surface area contributed by atoms with E-state index in [1.54, 1.807) is 12.0 Å². The van der Waals surface area contributed by atoms with Crippen LogP contribution in [-0.2, 0) is 4.74 Å². The summed E-state index contributed by atoms with van der Waals surface area (Å²) in [6.45, 7) is 2.52. The van der Waals surface area contributed by atoms with Crippen molar-refractivity contribution in [2.45, 2.75) is 101 Å². The number of hydrogen-bond acceptors (Lipinski definition) is 8. The van der Waals surface area contributed by atoms with Crippen LogP contribution in [0.4, 0.5) is 26.3 Å². The van der Waals surface area contributed by atoms with E-state index in [0.717, 1.165) is 43.4 Å². The molecule has 8 unspecified atom stereocenters. The van der Waals surface area contributed by atoms with Crippen LogP contribution in [0, 0.1) is 29.1 Å². The summed E-state index contributed by atoms with van der Waals surface area (Å²) in [4.78, 5) is 4.84. The maximum atomic E-state index is 13.7. The standard InChI is InChI=1S/C28H47F6N9O/c1-3-41-12-19(28(32,33)34)39-23(41)17-6-4-15(5-7-17)11-42-24-18(43(26(42)35)13-27(29,30)31)10-36-22(40-24)20-21(16-8-9-16)37-14-38-25(20)44-2/h15-25,35-40H,3-14H2,1-2H3. The maximum Gasteiger partial charge on any atom is 0.406 e. The first-order chi connectivity index (χ1) is 20.9. The molecule has 6 fully saturated rings. The average Bonchev–Trinajstić information content (AvgIpc) is 3.69. The number of likely N-dealkylation sites (N-methyl/N-ethyl adjacent to an activating group) is 1. The quantitative estimate of drug-likeness (QED) is 0.222. The number of hydrogen-bond donors (Lipinski definition) is 6. The van der Waals surface area contributed by atoms with Gasteiger partial charge in [0, 0.05) is 45.4 Å². The molecule has 0 spiro atoms. The Morgan fingerprint density at radius 3 is 2.20 bits per heavy atom. The van der Waals surface area contributed by atoms with Crippen LogP contribution < -0.4 is 26.6 Å². The monoisotopic (exact) mass is 639 g/mol. The summed E-state index contributed by atoms with van der Waals surface area (Å²) in [5.41, 5.74) is 0. The fraction of sp³-hybridized carbons (Fsp3) is 0.964. The van der Waals surface area contributed by atoms with E-state index in [1.165, 1.54) is 0 Å². The van der Waals surface area contributed by atoms with Gasteiger partial charge in [-0.2, -0.15) is 26.3 Å². The molecule has 4 heterocycles. The smallest absolute Gasteiger partial charge is 0.366 e. The number of fused-ring (bicyclic) bond motifs is 1. The van der Waals surface area contributed by atoms with E-state index < -0.39 is 37.1 Å². The van der Waals surface area contributed by atoms with E-state index in [9.17, 15) is 26.3 Å². The first-order valence-corrected chi connectivity index (χ1v) is 16.1. The van der Waals surface area contributed by atoms with Crippen molar-refractivity contribution in [1.29, 1.82) is 5.41 Å². The molecule has 2 saturated carbocycles. The fourth-order valence-electron chi connectivity index (χ4n) is 8.51. The van der Waals surface area contributed by atoms with Crippen molar-refractivity contribution in [2.75, 3.05) is 46.5 Å². The molecule has 0 radical (unpaired) electrons. The van der Waals surface area contributed by atoms with E-state index in [-0.39, 0.29) is 54.9 Å². The Labute approximate surface area is 254 Å². The summed E-state index contributed by atoms with van der Waals surface area (Å²) < 4.78 is 87.2. The van der Waals surface area contributed by atoms with E-state index in [2.05, 4.69) is 26.6 Å². The summed E-state index contributed by atoms with van der Waals surface area (Å²) >= 11 is 0. The number of guanidine groups is 1. The Hall–Kier alpha value is -1.43. The lowest BCUT2D eigenvalue weighted by Crippen LogP contribution is -2.73. The summed E-state index contributed by atoms with van der Waals surface area (Å²) in [7, 11) is 1.66. The average molecular weight is 640 g/mol. The predicted molar refractivity (Wildman–Crippen MR) is 151 cm³/mol. The van der Waals surface area contributed by atoms with Gasteiger partial charge in [-0.15, -0.1) is 0 Å². The van der Waals surface area contributed by atoms with Gasteiger partial charge in [0.1, 0.15) is 25.0 Å². The Bertz CT molecular complexity index is 1010. The molecule has 0 amide bonds. The van der Waals surface area contributed by atoms with Crippen molar-refractivity contribution < 1.29 is 31.1 Å². The maximum absolute atomic E-state index is 13.7. The van der Waals surface area contributed by atoms with Gasteiger partial charge in [-0.3, -0.25) is 31.6 Å². The lowest BCUT2D eigenvalue weighted by atomic mass is 9.80. The summed E-state index contributed by atoms with van der Waals surface area (Å²) in [5, 5.41) is 25.7. The SMILES string of the molecule is CCN1CC(C(F)(F)F)NC1C1CCC(CN2C(=N)N(CC(F)(F)F)C3CNC(C4C(OC)NCNC4C4CC4)NC32)CC1. The summed E-state index contributed by atoms with van der Waals surface area (Å²) in [5.74, 6) is 0.599. The molecule has 0 bridgehead atoms. The minimum absolute atomic E-state index is 0.00807. The van der Waals surface area contributed by atoms with Gasteiger partial charge in [-0.05, 0) is 62.8 Å². The number of ether oxygens (including phenoxy) is 1. The number of methoxy groups -OCH3 is 1. The van der Waals surface area contributed by atoms with Gasteiger partial charge >= 0.3 is 12.4 Å². The molecular formula is C28H47F6N9O. The number of rotatable bonds is 8. The van der Waals surface area contributed by atoms with Gasteiger partial charge in [0.25, 0.3) is 0 Å². The zero-order chi connectivity index (χ0) is 31.4. The van der Waals surface area contributed by atoms with Gasteiger partial charge in [-0.1, -0.05) is 6.92 Å². The highest BCUT2D eigenvalue weighted by molar-refractivity contribution is 5.80. The number of alkyl halides is 6. The largest absolute Gasteiger partial charge is 0.406 e. The Morgan fingerprint density at radius 2 is 1.59 bits per heavy atom. The topological polar surface area (TPSA) is 103 Å². The molecule has 10 nitrogen and oxygen atoms in total. The number of nitrogens with zero attached hydrogens (tertiary/aromatic N) is 3. The lowest BCUT2D eigenvalue weighted by molar-refractivity contribution is -0.150. The molecule has 4 aliphatic heterocycles. The minimum Gasteiger partial charge on any atom is -0.366 e. The van der Waals surface area contributed by atoms with Crippen LogP contribution in [-0.4, -0.2) is 122 Å². The van der Waals surface area contributed by atoms with Crippen molar-refractivity contribution in [3.63, 3.8) is 0 Å². The highest BCUT2D eigenvalue weighted by Crippen LogP contribution is 2.41. The van der Waals surface area contributed by atoms with Crippen molar-refractivity contribution in [3.05, 3.63) is 0 Å². The second kappa shape index (κ2) is 12.6. The molecule has 2 aliphatic carbocycles. The van der Waals surface area contributed by atoms with E-state index >= 15 is 0 Å². The number of halogens is 6. The first kappa shape index (κ1) is 32.5. The van der Waals surface area contributed by atoms with Crippen molar-refractivity contribution in [2.24, 2.45) is 23.7 Å². The van der Waals surface area contributed by atoms with Gasteiger partial charge in [0.15, 0.2) is 5.96 Å². The Kier molecular flexibility index (Phi) is 9.34. The van der Waals surface area contributed by atoms with E-state index in [4.69, 9.17) is 10.1 Å². The van der Waals surface area contributed by atoms with Crippen LogP contribution in [0.1, 0.15) is 45.4 Å². The fourth-order valence-corrected chi connectivity index (χ4v) is 8.51. The molecule has 8 atom stereocenters. The second-order valence-electron chi connectivity index (χ2n) is 13.5. The molecule has 0 aromatic heterocycles. The third-order valence-electron chi connectivity index (χ3n) is 10.8.